The lowest BCUT2D eigenvalue weighted by atomic mass is 9.85. The molecule has 3 rings (SSSR count). The summed E-state index contributed by atoms with van der Waals surface area (Å²) in [6.07, 6.45) is 5.10. The van der Waals surface area contributed by atoms with E-state index in [-0.39, 0.29) is 35.3 Å². The molecule has 7 nitrogen and oxygen atoms in total. The third kappa shape index (κ3) is 6.17. The number of para-hydroxylation sites is 2. The summed E-state index contributed by atoms with van der Waals surface area (Å²) in [5, 5.41) is 6.96. The Hall–Kier alpha value is -1.71. The highest BCUT2D eigenvalue weighted by molar-refractivity contribution is 14.0. The first-order valence-corrected chi connectivity index (χ1v) is 11.1. The van der Waals surface area contributed by atoms with Gasteiger partial charge in [-0.3, -0.25) is 9.79 Å². The van der Waals surface area contributed by atoms with E-state index in [9.17, 15) is 4.79 Å². The van der Waals surface area contributed by atoms with Gasteiger partial charge in [-0.2, -0.15) is 0 Å². The van der Waals surface area contributed by atoms with Crippen molar-refractivity contribution in [1.82, 2.24) is 15.5 Å². The second-order valence-corrected chi connectivity index (χ2v) is 8.63. The lowest BCUT2D eigenvalue weighted by molar-refractivity contribution is -0.138. The molecule has 1 aromatic carbocycles. The summed E-state index contributed by atoms with van der Waals surface area (Å²) in [4.78, 5) is 21.8. The number of aliphatic imine (C=N–C) groups is 1. The molecule has 0 spiro atoms. The molecule has 1 aromatic rings. The van der Waals surface area contributed by atoms with Crippen molar-refractivity contribution in [2.24, 2.45) is 10.4 Å². The summed E-state index contributed by atoms with van der Waals surface area (Å²) in [6, 6.07) is 8.46. The number of guanidine groups is 1. The average Bonchev–Trinajstić information content (AvgIpc) is 3.42. The first-order chi connectivity index (χ1) is 14.5. The quantitative estimate of drug-likeness (QED) is 0.315. The van der Waals surface area contributed by atoms with E-state index in [0.29, 0.717) is 12.6 Å². The van der Waals surface area contributed by atoms with Crippen LogP contribution in [-0.2, 0) is 4.79 Å². The van der Waals surface area contributed by atoms with Crippen molar-refractivity contribution in [2.45, 2.75) is 45.1 Å². The fraction of sp³-hybridized carbons (Fsp3) is 0.652. The molecule has 1 saturated carbocycles. The standard InChI is InChI=1S/C23H37N5O2.HI/c1-5-24-22(25-17-23(13-8-9-14-23)21(29)27(2)3)26-18-12-15-28(16-18)19-10-6-7-11-20(19)30-4;/h6-7,10-11,18H,5,8-9,12-17H2,1-4H3,(H2,24,25,26);1H. The third-order valence-electron chi connectivity index (χ3n) is 6.26. The summed E-state index contributed by atoms with van der Waals surface area (Å²) >= 11 is 0. The van der Waals surface area contributed by atoms with Crippen LogP contribution in [0.2, 0.25) is 0 Å². The zero-order valence-electron chi connectivity index (χ0n) is 19.3. The molecule has 0 bridgehead atoms. The smallest absolute Gasteiger partial charge is 0.230 e. The zero-order valence-corrected chi connectivity index (χ0v) is 21.6. The molecule has 1 unspecified atom stereocenters. The molecule has 1 aliphatic carbocycles. The number of benzene rings is 1. The van der Waals surface area contributed by atoms with Crippen molar-refractivity contribution in [3.63, 3.8) is 0 Å². The first-order valence-electron chi connectivity index (χ1n) is 11.1. The molecule has 2 aliphatic rings. The second-order valence-electron chi connectivity index (χ2n) is 8.63. The van der Waals surface area contributed by atoms with Gasteiger partial charge in [-0.15, -0.1) is 24.0 Å². The highest BCUT2D eigenvalue weighted by atomic mass is 127. The molecule has 8 heteroatoms. The number of anilines is 1. The number of halogens is 1. The number of nitrogens with one attached hydrogen (secondary N) is 2. The average molecular weight is 543 g/mol. The van der Waals surface area contributed by atoms with E-state index >= 15 is 0 Å². The van der Waals surface area contributed by atoms with Gasteiger partial charge in [0.2, 0.25) is 5.91 Å². The molecule has 1 saturated heterocycles. The Morgan fingerprint density at radius 3 is 2.65 bits per heavy atom. The maximum Gasteiger partial charge on any atom is 0.230 e. The fourth-order valence-corrected chi connectivity index (χ4v) is 4.70. The van der Waals surface area contributed by atoms with E-state index in [2.05, 4.69) is 28.5 Å². The molecular weight excluding hydrogens is 505 g/mol. The summed E-state index contributed by atoms with van der Waals surface area (Å²) in [6.45, 7) is 5.28. The molecule has 2 fully saturated rings. The Kier molecular flexibility index (Phi) is 9.71. The molecule has 0 aromatic heterocycles. The van der Waals surface area contributed by atoms with Crippen LogP contribution in [0.4, 0.5) is 5.69 Å². The van der Waals surface area contributed by atoms with E-state index < -0.39 is 0 Å². The molecule has 31 heavy (non-hydrogen) atoms. The van der Waals surface area contributed by atoms with Gasteiger partial charge in [0, 0.05) is 39.8 Å². The second kappa shape index (κ2) is 11.8. The van der Waals surface area contributed by atoms with Crippen LogP contribution in [0, 0.1) is 5.41 Å². The van der Waals surface area contributed by atoms with Crippen LogP contribution in [0.1, 0.15) is 39.0 Å². The van der Waals surface area contributed by atoms with Crippen molar-refractivity contribution < 1.29 is 9.53 Å². The van der Waals surface area contributed by atoms with Crippen molar-refractivity contribution in [3.8, 4) is 5.75 Å². The van der Waals surface area contributed by atoms with Crippen molar-refractivity contribution >= 4 is 41.5 Å². The predicted octanol–water partition coefficient (Wildman–Crippen LogP) is 3.10. The van der Waals surface area contributed by atoms with Gasteiger partial charge < -0.3 is 25.2 Å². The molecular formula is C23H38IN5O2. The minimum absolute atomic E-state index is 0. The van der Waals surface area contributed by atoms with Gasteiger partial charge in [0.25, 0.3) is 0 Å². The normalized spacial score (nSPS) is 20.2. The van der Waals surface area contributed by atoms with E-state index in [0.717, 1.165) is 69.1 Å². The minimum Gasteiger partial charge on any atom is -0.495 e. The number of methoxy groups -OCH3 is 1. The summed E-state index contributed by atoms with van der Waals surface area (Å²) in [7, 11) is 5.41. The van der Waals surface area contributed by atoms with Gasteiger partial charge in [0.15, 0.2) is 5.96 Å². The first kappa shape index (κ1) is 25.5. The number of carbonyl (C=O) groups excluding carboxylic acids is 1. The number of nitrogens with zero attached hydrogens (tertiary/aromatic N) is 3. The summed E-state index contributed by atoms with van der Waals surface area (Å²) in [5.41, 5.74) is 0.790. The van der Waals surface area contributed by atoms with Crippen LogP contribution in [0.25, 0.3) is 0 Å². The number of carbonyl (C=O) groups is 1. The molecule has 1 aliphatic heterocycles. The SMILES string of the molecule is CCNC(=NCC1(C(=O)N(C)C)CCCC1)NC1CCN(c2ccccc2OC)C1.I. The van der Waals surface area contributed by atoms with E-state index in [1.165, 1.54) is 0 Å². The Morgan fingerprint density at radius 1 is 1.29 bits per heavy atom. The van der Waals surface area contributed by atoms with Gasteiger partial charge >= 0.3 is 0 Å². The fourth-order valence-electron chi connectivity index (χ4n) is 4.70. The lowest BCUT2D eigenvalue weighted by Crippen LogP contribution is -2.46. The predicted molar refractivity (Wildman–Crippen MR) is 138 cm³/mol. The van der Waals surface area contributed by atoms with Crippen LogP contribution >= 0.6 is 24.0 Å². The van der Waals surface area contributed by atoms with Crippen LogP contribution in [0.5, 0.6) is 5.75 Å². The Labute approximate surface area is 204 Å². The zero-order chi connectivity index (χ0) is 21.6. The van der Waals surface area contributed by atoms with Crippen molar-refractivity contribution in [1.29, 1.82) is 0 Å². The Balaban J connectivity index is 0.00000341. The molecule has 1 amide bonds. The van der Waals surface area contributed by atoms with Crippen molar-refractivity contribution in [3.05, 3.63) is 24.3 Å². The van der Waals surface area contributed by atoms with Gasteiger partial charge in [0.1, 0.15) is 5.75 Å². The van der Waals surface area contributed by atoms with Gasteiger partial charge in [-0.05, 0) is 38.3 Å². The van der Waals surface area contributed by atoms with E-state index in [1.54, 1.807) is 12.0 Å². The Bertz CT molecular complexity index is 749. The number of hydrogen-bond acceptors (Lipinski definition) is 4. The van der Waals surface area contributed by atoms with Crippen molar-refractivity contribution in [2.75, 3.05) is 52.3 Å². The largest absolute Gasteiger partial charge is 0.495 e. The maximum absolute atomic E-state index is 12.8. The molecule has 1 heterocycles. The third-order valence-corrected chi connectivity index (χ3v) is 6.26. The Morgan fingerprint density at radius 2 is 2.00 bits per heavy atom. The monoisotopic (exact) mass is 543 g/mol. The number of hydrogen-bond donors (Lipinski definition) is 2. The van der Waals surface area contributed by atoms with Crippen LogP contribution in [-0.4, -0.2) is 70.2 Å². The highest BCUT2D eigenvalue weighted by Gasteiger charge is 2.42. The molecule has 1 atom stereocenters. The lowest BCUT2D eigenvalue weighted by Gasteiger charge is -2.29. The molecule has 174 valence electrons. The van der Waals surface area contributed by atoms with Gasteiger partial charge in [0.05, 0.1) is 24.8 Å². The highest BCUT2D eigenvalue weighted by Crippen LogP contribution is 2.39. The van der Waals surface area contributed by atoms with Crippen LogP contribution in [0.3, 0.4) is 0 Å². The minimum atomic E-state index is -0.342. The van der Waals surface area contributed by atoms with Gasteiger partial charge in [-0.25, -0.2) is 0 Å². The number of rotatable bonds is 7. The molecule has 0 radical (unpaired) electrons. The maximum atomic E-state index is 12.8. The summed E-state index contributed by atoms with van der Waals surface area (Å²) < 4.78 is 5.53. The van der Waals surface area contributed by atoms with Crippen LogP contribution in [0.15, 0.2) is 29.3 Å². The van der Waals surface area contributed by atoms with E-state index in [4.69, 9.17) is 9.73 Å². The van der Waals surface area contributed by atoms with Gasteiger partial charge in [-0.1, -0.05) is 25.0 Å². The van der Waals surface area contributed by atoms with E-state index in [1.807, 2.05) is 32.3 Å². The number of ether oxygens (including phenoxy) is 1. The molecule has 2 N–H and O–H groups in total. The van der Waals surface area contributed by atoms with Crippen LogP contribution < -0.4 is 20.3 Å². The number of amides is 1. The topological polar surface area (TPSA) is 69.2 Å². The summed E-state index contributed by atoms with van der Waals surface area (Å²) in [5.74, 6) is 1.93.